The van der Waals surface area contributed by atoms with Crippen LogP contribution in [-0.2, 0) is 4.79 Å². The van der Waals surface area contributed by atoms with Crippen molar-refractivity contribution in [1.29, 1.82) is 0 Å². The highest BCUT2D eigenvalue weighted by molar-refractivity contribution is 5.90. The molecular formula is C13H17N3O2. The Kier molecular flexibility index (Phi) is 3.50. The Bertz CT molecular complexity index is 465. The first-order chi connectivity index (χ1) is 8.52. The Balaban J connectivity index is 1.92. The molecule has 18 heavy (non-hydrogen) atoms. The van der Waals surface area contributed by atoms with Gasteiger partial charge in [-0.15, -0.1) is 0 Å². The second-order valence-corrected chi connectivity index (χ2v) is 4.68. The first-order valence-electron chi connectivity index (χ1n) is 5.95. The zero-order valence-corrected chi connectivity index (χ0v) is 10.5. The summed E-state index contributed by atoms with van der Waals surface area (Å²) in [5, 5.41) is 8.22. The summed E-state index contributed by atoms with van der Waals surface area (Å²) in [6, 6.07) is 5.46. The van der Waals surface area contributed by atoms with Crippen molar-refractivity contribution in [2.75, 3.05) is 11.9 Å². The molecule has 1 aliphatic heterocycles. The molecule has 0 saturated carbocycles. The van der Waals surface area contributed by atoms with E-state index in [0.717, 1.165) is 16.8 Å². The Hall–Kier alpha value is -2.04. The molecule has 0 aliphatic carbocycles. The molecule has 1 heterocycles. The van der Waals surface area contributed by atoms with Crippen molar-refractivity contribution in [2.24, 2.45) is 0 Å². The van der Waals surface area contributed by atoms with Crippen LogP contribution in [0.15, 0.2) is 18.2 Å². The van der Waals surface area contributed by atoms with Gasteiger partial charge in [-0.25, -0.2) is 4.79 Å². The van der Waals surface area contributed by atoms with E-state index in [1.54, 1.807) is 0 Å². The lowest BCUT2D eigenvalue weighted by atomic mass is 10.1. The van der Waals surface area contributed by atoms with Gasteiger partial charge in [-0.2, -0.15) is 0 Å². The molecule has 96 valence electrons. The van der Waals surface area contributed by atoms with E-state index in [1.807, 2.05) is 32.0 Å². The van der Waals surface area contributed by atoms with Gasteiger partial charge in [-0.05, 0) is 37.1 Å². The Morgan fingerprint density at radius 2 is 1.94 bits per heavy atom. The van der Waals surface area contributed by atoms with Crippen LogP contribution < -0.4 is 16.0 Å². The van der Waals surface area contributed by atoms with Crippen LogP contribution in [0.5, 0.6) is 0 Å². The molecule has 0 spiro atoms. The number of hydrogen-bond acceptors (Lipinski definition) is 2. The van der Waals surface area contributed by atoms with E-state index in [2.05, 4.69) is 16.0 Å². The van der Waals surface area contributed by atoms with Gasteiger partial charge in [0.1, 0.15) is 0 Å². The lowest BCUT2D eigenvalue weighted by molar-refractivity contribution is -0.119. The number of urea groups is 1. The highest BCUT2D eigenvalue weighted by Crippen LogP contribution is 2.13. The minimum absolute atomic E-state index is 0.0216. The average molecular weight is 247 g/mol. The van der Waals surface area contributed by atoms with Gasteiger partial charge in [0.25, 0.3) is 0 Å². The maximum absolute atomic E-state index is 11.7. The zero-order chi connectivity index (χ0) is 13.1. The van der Waals surface area contributed by atoms with Crippen molar-refractivity contribution in [1.82, 2.24) is 10.6 Å². The van der Waals surface area contributed by atoms with Crippen LogP contribution >= 0.6 is 0 Å². The molecule has 3 amide bonds. The third-order valence-corrected chi connectivity index (χ3v) is 2.79. The largest absolute Gasteiger partial charge is 0.354 e. The smallest absolute Gasteiger partial charge is 0.319 e. The van der Waals surface area contributed by atoms with E-state index in [-0.39, 0.29) is 18.0 Å². The van der Waals surface area contributed by atoms with Crippen molar-refractivity contribution in [3.8, 4) is 0 Å². The summed E-state index contributed by atoms with van der Waals surface area (Å²) >= 11 is 0. The van der Waals surface area contributed by atoms with Crippen LogP contribution in [0, 0.1) is 13.8 Å². The Morgan fingerprint density at radius 3 is 2.50 bits per heavy atom. The minimum atomic E-state index is -0.276. The van der Waals surface area contributed by atoms with Crippen LogP contribution in [0.1, 0.15) is 17.5 Å². The Morgan fingerprint density at radius 1 is 1.28 bits per heavy atom. The summed E-state index contributed by atoms with van der Waals surface area (Å²) in [6.45, 7) is 4.46. The second kappa shape index (κ2) is 5.08. The van der Waals surface area contributed by atoms with E-state index in [0.29, 0.717) is 13.0 Å². The summed E-state index contributed by atoms with van der Waals surface area (Å²) in [7, 11) is 0. The number of carbonyl (C=O) groups is 2. The predicted octanol–water partition coefficient (Wildman–Crippen LogP) is 1.31. The summed E-state index contributed by atoms with van der Waals surface area (Å²) in [6.07, 6.45) is 0.347. The van der Waals surface area contributed by atoms with Gasteiger partial charge >= 0.3 is 6.03 Å². The molecule has 1 saturated heterocycles. The van der Waals surface area contributed by atoms with Crippen LogP contribution in [0.25, 0.3) is 0 Å². The fourth-order valence-electron chi connectivity index (χ4n) is 2.11. The molecule has 5 nitrogen and oxygen atoms in total. The SMILES string of the molecule is Cc1cc(C)cc(NC(=O)N[C@@H]2CNC(=O)C2)c1. The van der Waals surface area contributed by atoms with Crippen LogP contribution in [0.3, 0.4) is 0 Å². The molecule has 1 aromatic carbocycles. The fourth-order valence-corrected chi connectivity index (χ4v) is 2.11. The lowest BCUT2D eigenvalue weighted by Gasteiger charge is -2.12. The summed E-state index contributed by atoms with van der Waals surface area (Å²) in [5.41, 5.74) is 2.97. The van der Waals surface area contributed by atoms with E-state index < -0.39 is 0 Å². The van der Waals surface area contributed by atoms with Gasteiger partial charge < -0.3 is 16.0 Å². The van der Waals surface area contributed by atoms with Gasteiger partial charge in [0.2, 0.25) is 5.91 Å². The fraction of sp³-hybridized carbons (Fsp3) is 0.385. The molecule has 0 radical (unpaired) electrons. The lowest BCUT2D eigenvalue weighted by Crippen LogP contribution is -2.39. The first-order valence-corrected chi connectivity index (χ1v) is 5.95. The summed E-state index contributed by atoms with van der Waals surface area (Å²) in [5.74, 6) is -0.0216. The van der Waals surface area contributed by atoms with Crippen LogP contribution in [0.2, 0.25) is 0 Å². The standard InChI is InChI=1S/C13H17N3O2/c1-8-3-9(2)5-10(4-8)15-13(18)16-11-6-12(17)14-7-11/h3-5,11H,6-7H2,1-2H3,(H,14,17)(H2,15,16,18)/t11-/m0/s1. The number of carbonyl (C=O) groups excluding carboxylic acids is 2. The molecule has 1 aromatic rings. The van der Waals surface area contributed by atoms with Gasteiger partial charge in [0.05, 0.1) is 6.04 Å². The minimum Gasteiger partial charge on any atom is -0.354 e. The van der Waals surface area contributed by atoms with Gasteiger partial charge in [-0.3, -0.25) is 4.79 Å². The Labute approximate surface area is 106 Å². The van der Waals surface area contributed by atoms with E-state index in [9.17, 15) is 9.59 Å². The number of rotatable bonds is 2. The topological polar surface area (TPSA) is 70.2 Å². The number of nitrogens with one attached hydrogen (secondary N) is 3. The molecule has 1 fully saturated rings. The molecule has 2 rings (SSSR count). The third kappa shape index (κ3) is 3.23. The molecule has 1 atom stereocenters. The number of anilines is 1. The van der Waals surface area contributed by atoms with E-state index >= 15 is 0 Å². The maximum atomic E-state index is 11.7. The monoisotopic (exact) mass is 247 g/mol. The second-order valence-electron chi connectivity index (χ2n) is 4.68. The zero-order valence-electron chi connectivity index (χ0n) is 10.5. The van der Waals surface area contributed by atoms with Crippen molar-refractivity contribution < 1.29 is 9.59 Å². The van der Waals surface area contributed by atoms with Crippen molar-refractivity contribution >= 4 is 17.6 Å². The normalized spacial score (nSPS) is 18.3. The molecule has 3 N–H and O–H groups in total. The van der Waals surface area contributed by atoms with Crippen molar-refractivity contribution in [3.63, 3.8) is 0 Å². The highest BCUT2D eigenvalue weighted by atomic mass is 16.2. The molecule has 0 unspecified atom stereocenters. The van der Waals surface area contributed by atoms with E-state index in [1.165, 1.54) is 0 Å². The molecule has 1 aliphatic rings. The number of hydrogen-bond donors (Lipinski definition) is 3. The number of benzene rings is 1. The molecular weight excluding hydrogens is 230 g/mol. The summed E-state index contributed by atoms with van der Waals surface area (Å²) < 4.78 is 0. The number of aryl methyl sites for hydroxylation is 2. The van der Waals surface area contributed by atoms with Gasteiger partial charge in [0, 0.05) is 18.7 Å². The molecule has 0 bridgehead atoms. The quantitative estimate of drug-likeness (QED) is 0.737. The van der Waals surface area contributed by atoms with Crippen molar-refractivity contribution in [3.05, 3.63) is 29.3 Å². The number of amides is 3. The summed E-state index contributed by atoms with van der Waals surface area (Å²) in [4.78, 5) is 22.7. The van der Waals surface area contributed by atoms with Gasteiger partial charge in [-0.1, -0.05) is 6.07 Å². The average Bonchev–Trinajstić information content (AvgIpc) is 2.61. The molecule has 0 aromatic heterocycles. The van der Waals surface area contributed by atoms with Crippen LogP contribution in [0.4, 0.5) is 10.5 Å². The first kappa shape index (κ1) is 12.4. The van der Waals surface area contributed by atoms with Crippen molar-refractivity contribution in [2.45, 2.75) is 26.3 Å². The van der Waals surface area contributed by atoms with Gasteiger partial charge in [0.15, 0.2) is 0 Å². The third-order valence-electron chi connectivity index (χ3n) is 2.79. The maximum Gasteiger partial charge on any atom is 0.319 e. The molecule has 5 heteroatoms. The highest BCUT2D eigenvalue weighted by Gasteiger charge is 2.22. The predicted molar refractivity (Wildman–Crippen MR) is 69.5 cm³/mol. The van der Waals surface area contributed by atoms with E-state index in [4.69, 9.17) is 0 Å². The van der Waals surface area contributed by atoms with Crippen LogP contribution in [-0.4, -0.2) is 24.5 Å².